The van der Waals surface area contributed by atoms with Gasteiger partial charge in [0, 0.05) is 26.2 Å². The zero-order valence-electron chi connectivity index (χ0n) is 7.43. The van der Waals surface area contributed by atoms with Crippen molar-refractivity contribution >= 4 is 58.3 Å². The van der Waals surface area contributed by atoms with Crippen molar-refractivity contribution in [1.29, 1.82) is 0 Å². The van der Waals surface area contributed by atoms with Crippen molar-refractivity contribution in [3.8, 4) is 0 Å². The fourth-order valence-corrected chi connectivity index (χ4v) is 1.74. The van der Waals surface area contributed by atoms with Crippen molar-refractivity contribution in [3.63, 3.8) is 0 Å². The second-order valence-corrected chi connectivity index (χ2v) is 5.12. The Morgan fingerprint density at radius 3 is 1.36 bits per heavy atom. The lowest BCUT2D eigenvalue weighted by Crippen LogP contribution is -2.56. The van der Waals surface area contributed by atoms with Gasteiger partial charge in [0.15, 0.2) is 0 Å². The van der Waals surface area contributed by atoms with Crippen LogP contribution >= 0.6 is 49.7 Å². The summed E-state index contributed by atoms with van der Waals surface area (Å²) in [4.78, 5) is 0. The first kappa shape index (κ1) is 12.5. The summed E-state index contributed by atoms with van der Waals surface area (Å²) in [7, 11) is 0. The number of hydrogen-bond acceptors (Lipinski definition) is 4. The average Bonchev–Trinajstić information content (AvgIpc) is 2.06. The van der Waals surface area contributed by atoms with Gasteiger partial charge < -0.3 is 10.9 Å². The molecule has 0 spiro atoms. The summed E-state index contributed by atoms with van der Waals surface area (Å²) in [6.45, 7) is 3.46. The third-order valence-electron chi connectivity index (χ3n) is 1.79. The minimum atomic E-state index is 0.496. The Morgan fingerprint density at radius 2 is 1.14 bits per heavy atom. The van der Waals surface area contributed by atoms with E-state index in [9.17, 15) is 0 Å². The molecule has 2 N–H and O–H groups in total. The highest BCUT2D eigenvalue weighted by atomic mass is 32.1. The van der Waals surface area contributed by atoms with Gasteiger partial charge in [0.05, 0.1) is 0 Å². The Labute approximate surface area is 105 Å². The highest BCUT2D eigenvalue weighted by Crippen LogP contribution is 1.97. The molecule has 0 aliphatic carbocycles. The van der Waals surface area contributed by atoms with Crippen molar-refractivity contribution in [2.24, 2.45) is 0 Å². The van der Waals surface area contributed by atoms with Gasteiger partial charge in [0.1, 0.15) is 8.64 Å². The SMILES string of the molecule is S=C(S)NN1CCN(NC(=S)S)CC1. The molecule has 4 nitrogen and oxygen atoms in total. The lowest BCUT2D eigenvalue weighted by atomic mass is 10.4. The average molecular weight is 268 g/mol. The number of hydrazine groups is 2. The third-order valence-corrected chi connectivity index (χ3v) is 2.17. The molecule has 0 unspecified atom stereocenters. The fraction of sp³-hybridized carbons (Fsp3) is 0.667. The fourth-order valence-electron chi connectivity index (χ4n) is 1.20. The number of hydrogen-bond donors (Lipinski definition) is 4. The number of piperazine rings is 1. The quantitative estimate of drug-likeness (QED) is 0.418. The van der Waals surface area contributed by atoms with Crippen LogP contribution in [0.5, 0.6) is 0 Å². The van der Waals surface area contributed by atoms with Crippen LogP contribution in [0.1, 0.15) is 0 Å². The Balaban J connectivity index is 2.24. The molecule has 1 aliphatic rings. The standard InChI is InChI=1S/C6H12N4S4/c11-5(12)7-9-1-2-10(4-3-9)8-6(13)14/h1-4H2,(H2,7,11,12)(H2,8,13,14). The van der Waals surface area contributed by atoms with E-state index in [0.717, 1.165) is 26.2 Å². The molecular weight excluding hydrogens is 256 g/mol. The Kier molecular flexibility index (Phi) is 5.42. The maximum Gasteiger partial charge on any atom is 0.145 e. The maximum atomic E-state index is 4.82. The van der Waals surface area contributed by atoms with Crippen LogP contribution in [0.2, 0.25) is 0 Å². The predicted octanol–water partition coefficient (Wildman–Crippen LogP) is 0.0426. The number of nitrogens with one attached hydrogen (secondary N) is 2. The molecule has 0 aromatic heterocycles. The maximum absolute atomic E-state index is 4.82. The molecular formula is C6H12N4S4. The highest BCUT2D eigenvalue weighted by molar-refractivity contribution is 8.11. The van der Waals surface area contributed by atoms with Crippen molar-refractivity contribution in [2.75, 3.05) is 26.2 Å². The number of rotatable bonds is 2. The molecule has 0 amide bonds. The van der Waals surface area contributed by atoms with Crippen LogP contribution in [0, 0.1) is 0 Å². The molecule has 14 heavy (non-hydrogen) atoms. The largest absolute Gasteiger partial charge is 0.304 e. The molecule has 0 bridgehead atoms. The zero-order chi connectivity index (χ0) is 10.6. The van der Waals surface area contributed by atoms with Crippen molar-refractivity contribution < 1.29 is 0 Å². The molecule has 1 heterocycles. The summed E-state index contributed by atoms with van der Waals surface area (Å²) >= 11 is 17.7. The van der Waals surface area contributed by atoms with E-state index >= 15 is 0 Å². The molecule has 1 fully saturated rings. The van der Waals surface area contributed by atoms with Crippen LogP contribution < -0.4 is 10.9 Å². The van der Waals surface area contributed by atoms with Gasteiger partial charge in [-0.1, -0.05) is 24.4 Å². The second kappa shape index (κ2) is 6.09. The van der Waals surface area contributed by atoms with E-state index in [2.05, 4.69) is 36.1 Å². The predicted molar refractivity (Wildman–Crippen MR) is 72.6 cm³/mol. The van der Waals surface area contributed by atoms with Crippen LogP contribution in [0.3, 0.4) is 0 Å². The molecule has 0 aromatic carbocycles. The van der Waals surface area contributed by atoms with E-state index in [1.807, 2.05) is 10.0 Å². The smallest absolute Gasteiger partial charge is 0.145 e. The van der Waals surface area contributed by atoms with Gasteiger partial charge in [-0.25, -0.2) is 10.0 Å². The van der Waals surface area contributed by atoms with Gasteiger partial charge in [-0.3, -0.25) is 0 Å². The summed E-state index contributed by atoms with van der Waals surface area (Å²) in [6.07, 6.45) is 0. The van der Waals surface area contributed by atoms with Gasteiger partial charge in [0.2, 0.25) is 0 Å². The van der Waals surface area contributed by atoms with E-state index in [4.69, 9.17) is 24.4 Å². The third kappa shape index (κ3) is 4.76. The van der Waals surface area contributed by atoms with E-state index in [-0.39, 0.29) is 0 Å². The molecule has 0 atom stereocenters. The number of nitrogens with zero attached hydrogens (tertiary/aromatic N) is 2. The summed E-state index contributed by atoms with van der Waals surface area (Å²) in [5, 5.41) is 4.05. The molecule has 0 radical (unpaired) electrons. The Morgan fingerprint density at radius 1 is 0.857 bits per heavy atom. The van der Waals surface area contributed by atoms with Gasteiger partial charge in [0.25, 0.3) is 0 Å². The zero-order valence-corrected chi connectivity index (χ0v) is 10.9. The normalized spacial score (nSPS) is 19.0. The minimum absolute atomic E-state index is 0.496. The monoisotopic (exact) mass is 268 g/mol. The summed E-state index contributed by atoms with van der Waals surface area (Å²) in [5.41, 5.74) is 5.96. The molecule has 8 heteroatoms. The summed E-state index contributed by atoms with van der Waals surface area (Å²) in [6, 6.07) is 0. The van der Waals surface area contributed by atoms with E-state index < -0.39 is 0 Å². The molecule has 0 aromatic rings. The van der Waals surface area contributed by atoms with Gasteiger partial charge in [-0.2, -0.15) is 0 Å². The first-order valence-electron chi connectivity index (χ1n) is 4.07. The van der Waals surface area contributed by atoms with Crippen molar-refractivity contribution in [3.05, 3.63) is 0 Å². The first-order chi connectivity index (χ1) is 6.58. The Bertz CT molecular complexity index is 202. The van der Waals surface area contributed by atoms with E-state index in [0.29, 0.717) is 8.64 Å². The van der Waals surface area contributed by atoms with E-state index in [1.54, 1.807) is 0 Å². The Hall–Kier alpha value is 0.400. The topological polar surface area (TPSA) is 30.5 Å². The van der Waals surface area contributed by atoms with Crippen LogP contribution in [0.4, 0.5) is 0 Å². The van der Waals surface area contributed by atoms with Crippen LogP contribution in [-0.2, 0) is 0 Å². The summed E-state index contributed by atoms with van der Waals surface area (Å²) < 4.78 is 0.993. The molecule has 1 saturated heterocycles. The lowest BCUT2D eigenvalue weighted by molar-refractivity contribution is 0.0970. The molecule has 0 saturated carbocycles. The van der Waals surface area contributed by atoms with Crippen LogP contribution in [0.15, 0.2) is 0 Å². The highest BCUT2D eigenvalue weighted by Gasteiger charge is 2.16. The number of thiocarbonyl (C=S) groups is 2. The molecule has 80 valence electrons. The van der Waals surface area contributed by atoms with Gasteiger partial charge >= 0.3 is 0 Å². The lowest BCUT2D eigenvalue weighted by Gasteiger charge is -2.34. The number of thiol groups is 2. The van der Waals surface area contributed by atoms with Crippen molar-refractivity contribution in [2.45, 2.75) is 0 Å². The van der Waals surface area contributed by atoms with Crippen molar-refractivity contribution in [1.82, 2.24) is 20.9 Å². The van der Waals surface area contributed by atoms with Gasteiger partial charge in [-0.05, 0) is 0 Å². The molecule has 1 rings (SSSR count). The van der Waals surface area contributed by atoms with E-state index in [1.165, 1.54) is 0 Å². The van der Waals surface area contributed by atoms with Crippen LogP contribution in [0.25, 0.3) is 0 Å². The van der Waals surface area contributed by atoms with Gasteiger partial charge in [-0.15, -0.1) is 25.3 Å². The summed E-state index contributed by atoms with van der Waals surface area (Å²) in [5.74, 6) is 0. The molecule has 1 aliphatic heterocycles. The minimum Gasteiger partial charge on any atom is -0.304 e. The van der Waals surface area contributed by atoms with Crippen LogP contribution in [-0.4, -0.2) is 44.8 Å². The second-order valence-electron chi connectivity index (χ2n) is 2.81. The first-order valence-corrected chi connectivity index (χ1v) is 5.78.